The van der Waals surface area contributed by atoms with Gasteiger partial charge in [-0.1, -0.05) is 12.1 Å². The van der Waals surface area contributed by atoms with E-state index in [0.29, 0.717) is 6.42 Å². The van der Waals surface area contributed by atoms with E-state index in [4.69, 9.17) is 5.11 Å². The first-order valence-corrected chi connectivity index (χ1v) is 5.88. The van der Waals surface area contributed by atoms with E-state index in [0.717, 1.165) is 5.56 Å². The molecule has 0 heterocycles. The molecule has 0 atom stereocenters. The van der Waals surface area contributed by atoms with Gasteiger partial charge in [-0.3, -0.25) is 0 Å². The Morgan fingerprint density at radius 1 is 1.29 bits per heavy atom. The van der Waals surface area contributed by atoms with Crippen molar-refractivity contribution in [1.82, 2.24) is 4.72 Å². The van der Waals surface area contributed by atoms with Crippen LogP contribution in [0.4, 0.5) is 0 Å². The van der Waals surface area contributed by atoms with Gasteiger partial charge in [0.05, 0.1) is 5.75 Å². The van der Waals surface area contributed by atoms with Crippen LogP contribution in [-0.4, -0.2) is 26.3 Å². The van der Waals surface area contributed by atoms with Gasteiger partial charge in [-0.25, -0.2) is 13.1 Å². The Balaban J connectivity index is 2.59. The van der Waals surface area contributed by atoms with E-state index in [2.05, 4.69) is 4.72 Å². The van der Waals surface area contributed by atoms with Gasteiger partial charge in [0, 0.05) is 0 Å². The maximum atomic E-state index is 11.1. The lowest BCUT2D eigenvalue weighted by Crippen LogP contribution is -2.23. The minimum Gasteiger partial charge on any atom is -0.508 e. The minimum absolute atomic E-state index is 0.0638. The van der Waals surface area contributed by atoms with Crippen LogP contribution in [0.15, 0.2) is 24.3 Å². The molecule has 78 valence electrons. The smallest absolute Gasteiger partial charge is 0.211 e. The second kappa shape index (κ2) is 4.43. The van der Waals surface area contributed by atoms with Gasteiger partial charge >= 0.3 is 0 Å². The molecule has 4 nitrogen and oxygen atoms in total. The van der Waals surface area contributed by atoms with E-state index in [-0.39, 0.29) is 11.5 Å². The summed E-state index contributed by atoms with van der Waals surface area (Å²) in [5, 5.41) is 9.00. The summed E-state index contributed by atoms with van der Waals surface area (Å²) in [6.07, 6.45) is 0.448. The average Bonchev–Trinajstić information content (AvgIpc) is 2.17. The Kier molecular flexibility index (Phi) is 3.49. The largest absolute Gasteiger partial charge is 0.508 e. The van der Waals surface area contributed by atoms with Crippen molar-refractivity contribution in [2.45, 2.75) is 6.42 Å². The zero-order valence-electron chi connectivity index (χ0n) is 7.90. The number of hydrogen-bond acceptors (Lipinski definition) is 3. The number of phenols is 1. The highest BCUT2D eigenvalue weighted by atomic mass is 32.2. The molecule has 0 aliphatic heterocycles. The van der Waals surface area contributed by atoms with E-state index in [1.807, 2.05) is 0 Å². The van der Waals surface area contributed by atoms with E-state index in [1.54, 1.807) is 24.3 Å². The fourth-order valence-corrected chi connectivity index (χ4v) is 1.73. The van der Waals surface area contributed by atoms with Gasteiger partial charge in [0.25, 0.3) is 0 Å². The van der Waals surface area contributed by atoms with Crippen molar-refractivity contribution in [2.24, 2.45) is 0 Å². The lowest BCUT2D eigenvalue weighted by atomic mass is 10.2. The van der Waals surface area contributed by atoms with Crippen molar-refractivity contribution in [1.29, 1.82) is 0 Å². The second-order valence-electron chi connectivity index (χ2n) is 2.94. The van der Waals surface area contributed by atoms with E-state index in [9.17, 15) is 8.42 Å². The highest BCUT2D eigenvalue weighted by molar-refractivity contribution is 7.89. The molecule has 0 aliphatic carbocycles. The highest BCUT2D eigenvalue weighted by Gasteiger charge is 2.06. The summed E-state index contributed by atoms with van der Waals surface area (Å²) < 4.78 is 24.4. The Labute approximate surface area is 83.6 Å². The van der Waals surface area contributed by atoms with Gasteiger partial charge in [-0.15, -0.1) is 0 Å². The standard InChI is InChI=1S/C9H13NO3S/c1-10-14(12,13)7-6-8-2-4-9(11)5-3-8/h2-5,10-11H,6-7H2,1H3. The molecule has 1 rings (SSSR count). The predicted molar refractivity (Wildman–Crippen MR) is 54.7 cm³/mol. The molecule has 0 fully saturated rings. The molecule has 0 unspecified atom stereocenters. The van der Waals surface area contributed by atoms with Crippen LogP contribution in [0.25, 0.3) is 0 Å². The highest BCUT2D eigenvalue weighted by Crippen LogP contribution is 2.10. The fourth-order valence-electron chi connectivity index (χ4n) is 1.02. The molecule has 1 aromatic rings. The number of aromatic hydroxyl groups is 1. The first kappa shape index (κ1) is 11.0. The molecular formula is C9H13NO3S. The third kappa shape index (κ3) is 3.35. The van der Waals surface area contributed by atoms with Crippen LogP contribution in [0, 0.1) is 0 Å². The number of rotatable bonds is 4. The van der Waals surface area contributed by atoms with Crippen molar-refractivity contribution < 1.29 is 13.5 Å². The predicted octanol–water partition coefficient (Wildman–Crippen LogP) is 0.484. The Morgan fingerprint density at radius 3 is 2.36 bits per heavy atom. The Bertz CT molecular complexity index is 383. The summed E-state index contributed by atoms with van der Waals surface area (Å²) in [5.74, 6) is 0.249. The summed E-state index contributed by atoms with van der Waals surface area (Å²) in [6, 6.07) is 6.50. The first-order chi connectivity index (χ1) is 6.53. The molecule has 0 radical (unpaired) electrons. The minimum atomic E-state index is -3.14. The summed E-state index contributed by atoms with van der Waals surface area (Å²) in [5.41, 5.74) is 0.890. The molecular weight excluding hydrogens is 202 g/mol. The number of nitrogens with one attached hydrogen (secondary N) is 1. The maximum Gasteiger partial charge on any atom is 0.211 e. The number of benzene rings is 1. The van der Waals surface area contributed by atoms with Crippen LogP contribution in [0.5, 0.6) is 5.75 Å². The molecule has 0 amide bonds. The Hall–Kier alpha value is -1.07. The van der Waals surface area contributed by atoms with Crippen molar-refractivity contribution >= 4 is 10.0 Å². The third-order valence-corrected chi connectivity index (χ3v) is 3.27. The van der Waals surface area contributed by atoms with Gasteiger partial charge < -0.3 is 5.11 Å². The quantitative estimate of drug-likeness (QED) is 0.768. The number of phenolic OH excluding ortho intramolecular Hbond substituents is 1. The van der Waals surface area contributed by atoms with Crippen molar-refractivity contribution in [3.05, 3.63) is 29.8 Å². The van der Waals surface area contributed by atoms with Crippen LogP contribution in [-0.2, 0) is 16.4 Å². The average molecular weight is 215 g/mol. The zero-order valence-corrected chi connectivity index (χ0v) is 8.71. The summed E-state index contributed by atoms with van der Waals surface area (Å²) in [6.45, 7) is 0. The summed E-state index contributed by atoms with van der Waals surface area (Å²) >= 11 is 0. The number of aryl methyl sites for hydroxylation is 1. The molecule has 2 N–H and O–H groups in total. The van der Waals surface area contributed by atoms with Gasteiger partial charge in [-0.2, -0.15) is 0 Å². The summed E-state index contributed by atoms with van der Waals surface area (Å²) in [4.78, 5) is 0. The number of hydrogen-bond donors (Lipinski definition) is 2. The van der Waals surface area contributed by atoms with Crippen LogP contribution in [0.3, 0.4) is 0 Å². The van der Waals surface area contributed by atoms with Crippen molar-refractivity contribution in [3.8, 4) is 5.75 Å². The van der Waals surface area contributed by atoms with E-state index < -0.39 is 10.0 Å². The topological polar surface area (TPSA) is 66.4 Å². The normalized spacial score (nSPS) is 11.5. The molecule has 1 aromatic carbocycles. The van der Waals surface area contributed by atoms with Crippen LogP contribution >= 0.6 is 0 Å². The lowest BCUT2D eigenvalue weighted by Gasteiger charge is -2.02. The third-order valence-electron chi connectivity index (χ3n) is 1.91. The van der Waals surface area contributed by atoms with Crippen LogP contribution in [0.1, 0.15) is 5.56 Å². The zero-order chi connectivity index (χ0) is 10.6. The Morgan fingerprint density at radius 2 is 1.86 bits per heavy atom. The lowest BCUT2D eigenvalue weighted by molar-refractivity contribution is 0.475. The molecule has 0 saturated carbocycles. The van der Waals surface area contributed by atoms with Crippen molar-refractivity contribution in [3.63, 3.8) is 0 Å². The monoisotopic (exact) mass is 215 g/mol. The molecule has 5 heteroatoms. The van der Waals surface area contributed by atoms with Crippen LogP contribution < -0.4 is 4.72 Å². The first-order valence-electron chi connectivity index (χ1n) is 4.22. The van der Waals surface area contributed by atoms with Crippen molar-refractivity contribution in [2.75, 3.05) is 12.8 Å². The molecule has 0 spiro atoms. The fraction of sp³-hybridized carbons (Fsp3) is 0.333. The molecule has 0 aliphatic rings. The SMILES string of the molecule is CNS(=O)(=O)CCc1ccc(O)cc1. The molecule has 0 bridgehead atoms. The maximum absolute atomic E-state index is 11.1. The van der Waals surface area contributed by atoms with Crippen LogP contribution in [0.2, 0.25) is 0 Å². The van der Waals surface area contributed by atoms with Gasteiger partial charge in [0.1, 0.15) is 5.75 Å². The molecule has 14 heavy (non-hydrogen) atoms. The van der Waals surface area contributed by atoms with E-state index >= 15 is 0 Å². The number of sulfonamides is 1. The second-order valence-corrected chi connectivity index (χ2v) is 4.99. The molecule has 0 aromatic heterocycles. The van der Waals surface area contributed by atoms with E-state index in [1.165, 1.54) is 7.05 Å². The van der Waals surface area contributed by atoms with Gasteiger partial charge in [-0.05, 0) is 31.2 Å². The van der Waals surface area contributed by atoms with Gasteiger partial charge in [0.2, 0.25) is 10.0 Å². The molecule has 0 saturated heterocycles. The van der Waals surface area contributed by atoms with Gasteiger partial charge in [0.15, 0.2) is 0 Å². The summed E-state index contributed by atoms with van der Waals surface area (Å²) in [7, 11) is -1.75.